The number of morpholine rings is 1. The van der Waals surface area contributed by atoms with E-state index in [1.54, 1.807) is 25.4 Å². The first kappa shape index (κ1) is 29.8. The number of pyridine rings is 1. The fourth-order valence-electron chi connectivity index (χ4n) is 6.35. The van der Waals surface area contributed by atoms with Crippen molar-refractivity contribution in [1.82, 2.24) is 29.4 Å². The topological polar surface area (TPSA) is 117 Å². The number of halogens is 1. The number of nitrogens with one attached hydrogen (secondary N) is 1. The number of carbonyl (C=O) groups excluding carboxylic acids is 1. The molecule has 12 heteroatoms. The molecule has 5 aromatic rings. The number of nitrogens with zero attached hydrogens (tertiary/aromatic N) is 6. The van der Waals surface area contributed by atoms with Gasteiger partial charge >= 0.3 is 6.09 Å². The molecule has 0 spiro atoms. The molecule has 238 valence electrons. The molecule has 2 atom stereocenters. The van der Waals surface area contributed by atoms with Crippen LogP contribution in [0.2, 0.25) is 0 Å². The van der Waals surface area contributed by atoms with E-state index in [2.05, 4.69) is 20.3 Å². The highest BCUT2D eigenvalue weighted by atomic mass is 19.1. The molecule has 2 bridgehead atoms. The van der Waals surface area contributed by atoms with E-state index in [1.165, 1.54) is 6.33 Å². The Morgan fingerprint density at radius 1 is 1.02 bits per heavy atom. The Kier molecular flexibility index (Phi) is 7.47. The van der Waals surface area contributed by atoms with Gasteiger partial charge in [-0.2, -0.15) is 0 Å². The number of amides is 1. The Labute approximate surface area is 265 Å². The van der Waals surface area contributed by atoms with Crippen LogP contribution in [0, 0.1) is 12.7 Å². The molecule has 5 heterocycles. The van der Waals surface area contributed by atoms with Crippen molar-refractivity contribution in [2.24, 2.45) is 7.05 Å². The highest BCUT2D eigenvalue weighted by Crippen LogP contribution is 2.39. The van der Waals surface area contributed by atoms with Crippen LogP contribution in [-0.4, -0.2) is 66.4 Å². The van der Waals surface area contributed by atoms with Gasteiger partial charge in [0.05, 0.1) is 53.9 Å². The van der Waals surface area contributed by atoms with Gasteiger partial charge in [0.25, 0.3) is 0 Å². The first-order chi connectivity index (χ1) is 22.0. The molecule has 0 aliphatic carbocycles. The summed E-state index contributed by atoms with van der Waals surface area (Å²) < 4.78 is 35.2. The lowest BCUT2D eigenvalue weighted by molar-refractivity contribution is -0.0827. The lowest BCUT2D eigenvalue weighted by Crippen LogP contribution is -2.59. The average molecular weight is 626 g/mol. The van der Waals surface area contributed by atoms with Crippen molar-refractivity contribution >= 4 is 39.7 Å². The van der Waals surface area contributed by atoms with Gasteiger partial charge in [-0.15, -0.1) is 0 Å². The van der Waals surface area contributed by atoms with Crippen LogP contribution < -0.4 is 10.1 Å². The van der Waals surface area contributed by atoms with Crippen molar-refractivity contribution in [3.63, 3.8) is 0 Å². The summed E-state index contributed by atoms with van der Waals surface area (Å²) in [6, 6.07) is 12.6. The number of aromatic nitrogens is 5. The molecule has 7 rings (SSSR count). The molecule has 3 aromatic heterocycles. The number of hydrogen-bond donors (Lipinski definition) is 1. The molecule has 2 saturated heterocycles. The van der Waals surface area contributed by atoms with E-state index in [4.69, 9.17) is 19.2 Å². The fraction of sp³-hybridized carbons (Fsp3) is 0.382. The van der Waals surface area contributed by atoms with Gasteiger partial charge in [0.15, 0.2) is 11.6 Å². The molecule has 0 radical (unpaired) electrons. The minimum absolute atomic E-state index is 0.0933. The number of fused-ring (bicyclic) bond motifs is 4. The first-order valence-corrected chi connectivity index (χ1v) is 15.4. The number of ether oxygens (including phenoxy) is 3. The lowest BCUT2D eigenvalue weighted by atomic mass is 9.83. The predicted octanol–water partition coefficient (Wildman–Crippen LogP) is 6.78. The monoisotopic (exact) mass is 625 g/mol. The summed E-state index contributed by atoms with van der Waals surface area (Å²) in [5.74, 6) is 1.01. The van der Waals surface area contributed by atoms with E-state index in [0.717, 1.165) is 16.7 Å². The Morgan fingerprint density at radius 3 is 2.57 bits per heavy atom. The van der Waals surface area contributed by atoms with Crippen molar-refractivity contribution in [3.8, 4) is 11.5 Å². The summed E-state index contributed by atoms with van der Waals surface area (Å²) >= 11 is 0. The van der Waals surface area contributed by atoms with E-state index in [1.807, 2.05) is 67.6 Å². The summed E-state index contributed by atoms with van der Waals surface area (Å²) in [4.78, 5) is 33.1. The summed E-state index contributed by atoms with van der Waals surface area (Å²) in [7, 11) is 1.93. The van der Waals surface area contributed by atoms with Gasteiger partial charge in [0.2, 0.25) is 0 Å². The van der Waals surface area contributed by atoms with Gasteiger partial charge in [-0.3, -0.25) is 4.90 Å². The second-order valence-electron chi connectivity index (χ2n) is 13.0. The van der Waals surface area contributed by atoms with Crippen LogP contribution in [0.15, 0.2) is 55.1 Å². The number of anilines is 2. The summed E-state index contributed by atoms with van der Waals surface area (Å²) in [6.07, 6.45) is 4.24. The summed E-state index contributed by atoms with van der Waals surface area (Å²) in [5, 5.41) is 3.14. The zero-order valence-electron chi connectivity index (χ0n) is 26.5. The summed E-state index contributed by atoms with van der Waals surface area (Å²) in [5.41, 5.74) is 3.84. The molecular weight excluding hydrogens is 589 g/mol. The fourth-order valence-corrected chi connectivity index (χ4v) is 6.35. The quantitative estimate of drug-likeness (QED) is 0.226. The van der Waals surface area contributed by atoms with E-state index in [0.29, 0.717) is 60.0 Å². The van der Waals surface area contributed by atoms with Gasteiger partial charge in [-0.25, -0.2) is 29.1 Å². The van der Waals surface area contributed by atoms with Gasteiger partial charge in [0, 0.05) is 30.3 Å². The van der Waals surface area contributed by atoms with Crippen molar-refractivity contribution in [1.29, 1.82) is 0 Å². The molecule has 1 amide bonds. The van der Waals surface area contributed by atoms with Crippen LogP contribution in [0.3, 0.4) is 0 Å². The van der Waals surface area contributed by atoms with E-state index in [9.17, 15) is 4.79 Å². The van der Waals surface area contributed by atoms with Gasteiger partial charge in [-0.05, 0) is 76.9 Å². The Morgan fingerprint density at radius 2 is 1.80 bits per heavy atom. The SMILES string of the molecule is Cc1c(Oc2ccc3c(c2)ncn3C)ccc(Nc2ncnc3ccc(C4CC5COCC(C4)N5C(=O)OC(C)(C)C)nc23)c1F. The zero-order chi connectivity index (χ0) is 32.2. The van der Waals surface area contributed by atoms with Crippen molar-refractivity contribution < 1.29 is 23.4 Å². The number of hydrogen-bond acceptors (Lipinski definition) is 9. The highest BCUT2D eigenvalue weighted by Gasteiger charge is 2.44. The molecule has 1 N–H and O–H groups in total. The van der Waals surface area contributed by atoms with Gasteiger partial charge in [0.1, 0.15) is 28.9 Å². The predicted molar refractivity (Wildman–Crippen MR) is 171 cm³/mol. The van der Waals surface area contributed by atoms with Crippen LogP contribution >= 0.6 is 0 Å². The van der Waals surface area contributed by atoms with Crippen LogP contribution in [0.25, 0.3) is 22.1 Å². The maximum absolute atomic E-state index is 15.7. The molecule has 2 aromatic carbocycles. The number of carbonyl (C=O) groups is 1. The Balaban J connectivity index is 1.12. The number of imidazole rings is 1. The standard InChI is InChI=1S/C34H36FN7O4/c1-19-29(45-23-6-10-28-27(14-23)38-18-41(28)5)11-9-25(30(19)35)40-32-31-26(36-17-37-32)8-7-24(39-31)20-12-21-15-44-16-22(13-20)42(21)33(43)46-34(2,3)4/h6-11,14,17-18,20-22H,12-13,15-16H2,1-5H3,(H,36,37,40). The molecule has 46 heavy (non-hydrogen) atoms. The third kappa shape index (κ3) is 5.68. The van der Waals surface area contributed by atoms with Crippen molar-refractivity contribution in [3.05, 3.63) is 72.2 Å². The maximum atomic E-state index is 15.7. The van der Waals surface area contributed by atoms with E-state index in [-0.39, 0.29) is 29.8 Å². The maximum Gasteiger partial charge on any atom is 0.410 e. The Bertz CT molecular complexity index is 1940. The highest BCUT2D eigenvalue weighted by molar-refractivity contribution is 5.87. The third-order valence-electron chi connectivity index (χ3n) is 8.56. The van der Waals surface area contributed by atoms with Crippen molar-refractivity contribution in [2.45, 2.75) is 64.1 Å². The second kappa shape index (κ2) is 11.5. The molecular formula is C34H36FN7O4. The van der Waals surface area contributed by atoms with E-state index >= 15 is 4.39 Å². The van der Waals surface area contributed by atoms with Crippen LogP contribution in [0.5, 0.6) is 11.5 Å². The first-order valence-electron chi connectivity index (χ1n) is 15.4. The molecule has 2 fully saturated rings. The van der Waals surface area contributed by atoms with Crippen LogP contribution in [-0.2, 0) is 16.5 Å². The molecule has 2 unspecified atom stereocenters. The number of aryl methyl sites for hydroxylation is 1. The lowest BCUT2D eigenvalue weighted by Gasteiger charge is -2.48. The van der Waals surface area contributed by atoms with Crippen LogP contribution in [0.1, 0.15) is 50.8 Å². The number of benzene rings is 2. The number of rotatable bonds is 5. The summed E-state index contributed by atoms with van der Waals surface area (Å²) in [6.45, 7) is 8.19. The van der Waals surface area contributed by atoms with E-state index < -0.39 is 11.4 Å². The second-order valence-corrected chi connectivity index (χ2v) is 13.0. The van der Waals surface area contributed by atoms with Gasteiger partial charge < -0.3 is 24.1 Å². The van der Waals surface area contributed by atoms with Crippen LogP contribution in [0.4, 0.5) is 20.7 Å². The average Bonchev–Trinajstić information content (AvgIpc) is 3.38. The third-order valence-corrected chi connectivity index (χ3v) is 8.56. The molecule has 2 aliphatic heterocycles. The largest absolute Gasteiger partial charge is 0.457 e. The minimum Gasteiger partial charge on any atom is -0.457 e. The normalized spacial score (nSPS) is 19.8. The smallest absolute Gasteiger partial charge is 0.410 e. The zero-order valence-corrected chi connectivity index (χ0v) is 26.5. The molecule has 0 saturated carbocycles. The molecule has 11 nitrogen and oxygen atoms in total. The Hall–Kier alpha value is -4.84. The van der Waals surface area contributed by atoms with Gasteiger partial charge in [-0.1, -0.05) is 0 Å². The molecule has 2 aliphatic rings. The van der Waals surface area contributed by atoms with Crippen molar-refractivity contribution in [2.75, 3.05) is 18.5 Å². The number of piperidine rings is 1. The minimum atomic E-state index is -0.577.